The number of aromatic nitrogens is 1. The molecule has 0 saturated carbocycles. The van der Waals surface area contributed by atoms with Crippen molar-refractivity contribution in [3.8, 4) is 40.0 Å². The first-order valence-corrected chi connectivity index (χ1v) is 21.3. The number of nitriles is 1. The maximum atomic E-state index is 14.6. The van der Waals surface area contributed by atoms with E-state index in [1.54, 1.807) is 42.5 Å². The molecule has 18 nitrogen and oxygen atoms in total. The summed E-state index contributed by atoms with van der Waals surface area (Å²) in [4.78, 5) is 75.7. The second-order valence-electron chi connectivity index (χ2n) is 16.6. The summed E-state index contributed by atoms with van der Waals surface area (Å²) in [5.41, 5.74) is 28.3. The highest BCUT2D eigenvalue weighted by atomic mass is 16.5. The lowest BCUT2D eigenvalue weighted by atomic mass is 9.86. The molecule has 0 spiro atoms. The van der Waals surface area contributed by atoms with Gasteiger partial charge < -0.3 is 58.6 Å². The van der Waals surface area contributed by atoms with Crippen molar-refractivity contribution >= 4 is 35.4 Å². The summed E-state index contributed by atoms with van der Waals surface area (Å²) in [5.74, 6) is -2.77. The number of ether oxygens (including phenoxy) is 2. The summed E-state index contributed by atoms with van der Waals surface area (Å²) in [6.45, 7) is 8.12. The number of hydrogen-bond acceptors (Lipinski definition) is 13. The molecule has 2 heterocycles. The Kier molecular flexibility index (Phi) is 16.6. The molecule has 18 heteroatoms. The van der Waals surface area contributed by atoms with Gasteiger partial charge in [-0.3, -0.25) is 24.0 Å². The molecule has 1 unspecified atom stereocenters. The van der Waals surface area contributed by atoms with Crippen molar-refractivity contribution in [2.24, 2.45) is 17.2 Å². The van der Waals surface area contributed by atoms with Gasteiger partial charge in [-0.2, -0.15) is 5.26 Å². The molecule has 65 heavy (non-hydrogen) atoms. The number of hydrogen-bond donors (Lipinski definition) is 8. The second-order valence-corrected chi connectivity index (χ2v) is 16.6. The van der Waals surface area contributed by atoms with Crippen LogP contribution in [0.3, 0.4) is 0 Å². The summed E-state index contributed by atoms with van der Waals surface area (Å²) in [5, 5.41) is 19.8. The van der Waals surface area contributed by atoms with Crippen LogP contribution in [-0.4, -0.2) is 104 Å². The topological polar surface area (TPSA) is 296 Å². The van der Waals surface area contributed by atoms with Gasteiger partial charge in [-0.05, 0) is 78.4 Å². The first-order valence-electron chi connectivity index (χ1n) is 21.3. The third-order valence-corrected chi connectivity index (χ3v) is 10.8. The molecule has 1 aliphatic rings. The number of carbonyl (C=O) groups is 5. The molecule has 344 valence electrons. The fourth-order valence-corrected chi connectivity index (χ4v) is 7.33. The number of anilines is 1. The van der Waals surface area contributed by atoms with E-state index in [0.29, 0.717) is 39.4 Å². The number of fused-ring (bicyclic) bond motifs is 5. The van der Waals surface area contributed by atoms with Gasteiger partial charge in [-0.1, -0.05) is 57.2 Å². The van der Waals surface area contributed by atoms with Gasteiger partial charge in [0, 0.05) is 43.2 Å². The molecule has 5 rings (SSSR count). The number of pyridine rings is 1. The lowest BCUT2D eigenvalue weighted by molar-refractivity contribution is -0.141. The standard InChI is InChI=1S/C47H59N11O7/c1-27-42(59)57-37(44(61)53-21-18-49)25-28-6-14-38(64-22-19-50)33(24-28)34-26-30(9-15-39(34)65-23-20-51)40(45(62)54-27)58(5)46(63)36(16-17-48)56-43(60)32-12-13-35(55-41(32)52)29-7-10-31(11-8-29)47(2,3)4/h6-15,24,26-27,36-37,40H,16-17,19-23,25,48,50-51H2,1-5H3,(H2,52,55)(H,53,61)(H,54,62)(H,56,60)(H,57,59)/t27-,36?,37-,40-/m0/s1. The van der Waals surface area contributed by atoms with Crippen LogP contribution >= 0.6 is 0 Å². The summed E-state index contributed by atoms with van der Waals surface area (Å²) < 4.78 is 12.2. The Hall–Kier alpha value is -7.07. The van der Waals surface area contributed by atoms with E-state index in [-0.39, 0.29) is 69.0 Å². The zero-order valence-corrected chi connectivity index (χ0v) is 37.4. The molecule has 0 radical (unpaired) electrons. The summed E-state index contributed by atoms with van der Waals surface area (Å²) >= 11 is 0. The first kappa shape index (κ1) is 49.0. The van der Waals surface area contributed by atoms with Crippen molar-refractivity contribution in [1.82, 2.24) is 31.2 Å². The molecule has 5 amide bonds. The van der Waals surface area contributed by atoms with Gasteiger partial charge in [-0.25, -0.2) is 4.98 Å². The van der Waals surface area contributed by atoms with Crippen LogP contribution in [-0.2, 0) is 31.0 Å². The van der Waals surface area contributed by atoms with Crippen molar-refractivity contribution in [3.63, 3.8) is 0 Å². The van der Waals surface area contributed by atoms with E-state index in [1.807, 2.05) is 30.3 Å². The SMILES string of the molecule is C[C@@H]1NC(=O)[C@@H](N(C)C(=O)C(CCN)NC(=O)c2ccc(-c3ccc(C(C)(C)C)cc3)nc2N)c2ccc(OCCN)c(c2)-c2cc(ccc2OCCN)C[C@@H](C(=O)NCC#N)NC1=O. The van der Waals surface area contributed by atoms with Crippen LogP contribution in [0.4, 0.5) is 5.82 Å². The maximum absolute atomic E-state index is 14.6. The number of benzene rings is 3. The highest BCUT2D eigenvalue weighted by molar-refractivity contribution is 6.02. The van der Waals surface area contributed by atoms with Crippen LogP contribution in [0, 0.1) is 11.3 Å². The number of nitrogens with one attached hydrogen (secondary N) is 4. The lowest BCUT2D eigenvalue weighted by Crippen LogP contribution is -2.56. The Morgan fingerprint density at radius 3 is 2.14 bits per heavy atom. The highest BCUT2D eigenvalue weighted by Crippen LogP contribution is 2.40. The lowest BCUT2D eigenvalue weighted by Gasteiger charge is -2.32. The summed E-state index contributed by atoms with van der Waals surface area (Å²) in [6.07, 6.45) is -0.0213. The zero-order valence-electron chi connectivity index (χ0n) is 37.4. The van der Waals surface area contributed by atoms with Gasteiger partial charge >= 0.3 is 0 Å². The number of carbonyl (C=O) groups excluding carboxylic acids is 5. The molecule has 4 atom stereocenters. The fourth-order valence-electron chi connectivity index (χ4n) is 7.33. The van der Waals surface area contributed by atoms with Gasteiger partial charge in [0.15, 0.2) is 0 Å². The monoisotopic (exact) mass is 889 g/mol. The predicted octanol–water partition coefficient (Wildman–Crippen LogP) is 1.80. The average Bonchev–Trinajstić information content (AvgIpc) is 3.28. The molecule has 12 N–H and O–H groups in total. The molecule has 1 aromatic heterocycles. The molecule has 3 aromatic carbocycles. The Balaban J connectivity index is 1.55. The molecular formula is C47H59N11O7. The van der Waals surface area contributed by atoms with Gasteiger partial charge in [-0.15, -0.1) is 0 Å². The van der Waals surface area contributed by atoms with Crippen LogP contribution in [0.15, 0.2) is 72.8 Å². The van der Waals surface area contributed by atoms with E-state index in [2.05, 4.69) is 47.0 Å². The van der Waals surface area contributed by atoms with Crippen molar-refractivity contribution in [2.75, 3.05) is 52.2 Å². The Morgan fingerprint density at radius 1 is 0.892 bits per heavy atom. The van der Waals surface area contributed by atoms with Gasteiger partial charge in [0.05, 0.1) is 17.3 Å². The second kappa shape index (κ2) is 22.0. The van der Waals surface area contributed by atoms with Crippen molar-refractivity contribution in [2.45, 2.75) is 70.1 Å². The minimum Gasteiger partial charge on any atom is -0.492 e. The first-order chi connectivity index (χ1) is 31.0. The number of likely N-dealkylation sites (N-methyl/N-ethyl adjacent to an activating group) is 1. The van der Waals surface area contributed by atoms with Crippen LogP contribution in [0.25, 0.3) is 22.4 Å². The van der Waals surface area contributed by atoms with E-state index in [9.17, 15) is 24.0 Å². The van der Waals surface area contributed by atoms with Crippen LogP contribution in [0.5, 0.6) is 11.5 Å². The van der Waals surface area contributed by atoms with Gasteiger partial charge in [0.25, 0.3) is 5.91 Å². The van der Waals surface area contributed by atoms with Crippen molar-refractivity contribution in [3.05, 3.63) is 95.1 Å². The van der Waals surface area contributed by atoms with Crippen LogP contribution < -0.4 is 53.7 Å². The molecule has 0 fully saturated rings. The molecular weight excluding hydrogens is 831 g/mol. The normalized spacial score (nSPS) is 16.7. The highest BCUT2D eigenvalue weighted by Gasteiger charge is 2.36. The van der Waals surface area contributed by atoms with E-state index in [0.717, 1.165) is 16.0 Å². The number of nitrogens with two attached hydrogens (primary N) is 4. The average molecular weight is 890 g/mol. The summed E-state index contributed by atoms with van der Waals surface area (Å²) in [6, 6.07) is 18.0. The third-order valence-electron chi connectivity index (χ3n) is 10.8. The third kappa shape index (κ3) is 12.1. The van der Waals surface area contributed by atoms with Gasteiger partial charge in [0.2, 0.25) is 23.6 Å². The van der Waals surface area contributed by atoms with Crippen molar-refractivity contribution < 1.29 is 33.4 Å². The number of nitrogens with zero attached hydrogens (tertiary/aromatic N) is 3. The maximum Gasteiger partial charge on any atom is 0.255 e. The van der Waals surface area contributed by atoms with Gasteiger partial charge in [0.1, 0.15) is 61.2 Å². The van der Waals surface area contributed by atoms with E-state index in [4.69, 9.17) is 37.7 Å². The van der Waals surface area contributed by atoms with Crippen molar-refractivity contribution in [1.29, 1.82) is 5.26 Å². The largest absolute Gasteiger partial charge is 0.492 e. The smallest absolute Gasteiger partial charge is 0.255 e. The summed E-state index contributed by atoms with van der Waals surface area (Å²) in [7, 11) is 1.40. The van der Waals surface area contributed by atoms with E-state index >= 15 is 0 Å². The fraction of sp³-hybridized carbons (Fsp3) is 0.383. The Bertz CT molecular complexity index is 2410. The molecule has 4 bridgehead atoms. The number of nitrogen functional groups attached to an aromatic ring is 1. The molecule has 1 aliphatic heterocycles. The molecule has 4 aromatic rings. The van der Waals surface area contributed by atoms with E-state index in [1.165, 1.54) is 20.0 Å². The molecule has 0 saturated heterocycles. The van der Waals surface area contributed by atoms with Crippen LogP contribution in [0.1, 0.15) is 67.2 Å². The Labute approximate surface area is 378 Å². The minimum absolute atomic E-state index is 0.00204. The zero-order chi connectivity index (χ0) is 47.4. The number of rotatable bonds is 15. The predicted molar refractivity (Wildman–Crippen MR) is 246 cm³/mol. The quantitative estimate of drug-likeness (QED) is 0.0792. The minimum atomic E-state index is -1.41. The van der Waals surface area contributed by atoms with E-state index < -0.39 is 53.7 Å². The Morgan fingerprint density at radius 2 is 1.54 bits per heavy atom. The molecule has 0 aliphatic carbocycles. The van der Waals surface area contributed by atoms with Crippen LogP contribution in [0.2, 0.25) is 0 Å². The number of amides is 5.